The number of nitrogens with two attached hydrogens (primary N) is 1. The van der Waals surface area contributed by atoms with Crippen molar-refractivity contribution in [3.8, 4) is 0 Å². The monoisotopic (exact) mass is 194 g/mol. The van der Waals surface area contributed by atoms with Crippen molar-refractivity contribution in [3.63, 3.8) is 0 Å². The fourth-order valence-electron chi connectivity index (χ4n) is 1.51. The Morgan fingerprint density at radius 3 is 3.00 bits per heavy atom. The van der Waals surface area contributed by atoms with Crippen LogP contribution in [-0.2, 0) is 11.2 Å². The number of hydrogen-bond acceptors (Lipinski definition) is 5. The fourth-order valence-corrected chi connectivity index (χ4v) is 1.51. The van der Waals surface area contributed by atoms with Gasteiger partial charge in [-0.3, -0.25) is 0 Å². The standard InChI is InChI=1S/C8H10N4O2/c1-3-10-6(9)4-2-5(8(13)14)12-7(4)11-3/h5H,2H2,1H3,(H,13,14)(H3,9,10,11,12). The van der Waals surface area contributed by atoms with Crippen LogP contribution in [0.2, 0.25) is 0 Å². The number of rotatable bonds is 1. The molecule has 1 aliphatic rings. The molecule has 0 bridgehead atoms. The summed E-state index contributed by atoms with van der Waals surface area (Å²) in [6.45, 7) is 1.71. The van der Waals surface area contributed by atoms with E-state index in [1.807, 2.05) is 0 Å². The molecule has 0 amide bonds. The van der Waals surface area contributed by atoms with Crippen molar-refractivity contribution < 1.29 is 9.90 Å². The molecule has 1 aromatic heterocycles. The first-order valence-electron chi connectivity index (χ1n) is 4.20. The average molecular weight is 194 g/mol. The van der Waals surface area contributed by atoms with Crippen LogP contribution in [0.5, 0.6) is 0 Å². The lowest BCUT2D eigenvalue weighted by Crippen LogP contribution is -2.26. The molecule has 4 N–H and O–H groups in total. The van der Waals surface area contributed by atoms with Gasteiger partial charge in [-0.1, -0.05) is 0 Å². The summed E-state index contributed by atoms with van der Waals surface area (Å²) in [5.41, 5.74) is 6.35. The SMILES string of the molecule is Cc1nc(N)c2c(n1)NC(C(=O)O)C2. The zero-order chi connectivity index (χ0) is 10.3. The molecule has 0 spiro atoms. The van der Waals surface area contributed by atoms with Crippen molar-refractivity contribution in [1.29, 1.82) is 0 Å². The number of fused-ring (bicyclic) bond motifs is 1. The molecule has 2 heterocycles. The Hall–Kier alpha value is -1.85. The summed E-state index contributed by atoms with van der Waals surface area (Å²) in [6.07, 6.45) is 0.344. The summed E-state index contributed by atoms with van der Waals surface area (Å²) in [6, 6.07) is -0.636. The van der Waals surface area contributed by atoms with Crippen LogP contribution in [0.15, 0.2) is 0 Å². The number of nitrogens with zero attached hydrogens (tertiary/aromatic N) is 2. The van der Waals surface area contributed by atoms with Gasteiger partial charge < -0.3 is 16.2 Å². The number of anilines is 2. The molecule has 0 saturated carbocycles. The van der Waals surface area contributed by atoms with E-state index in [0.717, 1.165) is 0 Å². The van der Waals surface area contributed by atoms with E-state index in [1.54, 1.807) is 6.92 Å². The largest absolute Gasteiger partial charge is 0.480 e. The third-order valence-electron chi connectivity index (χ3n) is 2.17. The molecule has 0 saturated heterocycles. The molecule has 0 aliphatic carbocycles. The Kier molecular flexibility index (Phi) is 1.77. The van der Waals surface area contributed by atoms with Gasteiger partial charge in [-0.25, -0.2) is 14.8 Å². The van der Waals surface area contributed by atoms with Gasteiger partial charge in [-0.2, -0.15) is 0 Å². The highest BCUT2D eigenvalue weighted by atomic mass is 16.4. The number of carbonyl (C=O) groups is 1. The molecule has 14 heavy (non-hydrogen) atoms. The second kappa shape index (κ2) is 2.83. The van der Waals surface area contributed by atoms with Gasteiger partial charge in [0.15, 0.2) is 0 Å². The molecule has 1 aromatic rings. The number of aryl methyl sites for hydroxylation is 1. The van der Waals surface area contributed by atoms with Crippen LogP contribution in [0.25, 0.3) is 0 Å². The van der Waals surface area contributed by atoms with Crippen molar-refractivity contribution in [2.75, 3.05) is 11.1 Å². The molecule has 6 nitrogen and oxygen atoms in total. The second-order valence-electron chi connectivity index (χ2n) is 3.22. The summed E-state index contributed by atoms with van der Waals surface area (Å²) in [5, 5.41) is 11.6. The highest BCUT2D eigenvalue weighted by molar-refractivity contribution is 5.81. The van der Waals surface area contributed by atoms with Crippen LogP contribution in [0.1, 0.15) is 11.4 Å². The lowest BCUT2D eigenvalue weighted by Gasteiger charge is -2.03. The van der Waals surface area contributed by atoms with E-state index in [-0.39, 0.29) is 0 Å². The molecule has 1 atom stereocenters. The van der Waals surface area contributed by atoms with Gasteiger partial charge in [0.05, 0.1) is 0 Å². The molecule has 6 heteroatoms. The summed E-state index contributed by atoms with van der Waals surface area (Å²) < 4.78 is 0. The normalized spacial score (nSPS) is 18.8. The fraction of sp³-hybridized carbons (Fsp3) is 0.375. The van der Waals surface area contributed by atoms with Gasteiger partial charge in [-0.15, -0.1) is 0 Å². The molecular weight excluding hydrogens is 184 g/mol. The molecule has 1 unspecified atom stereocenters. The van der Waals surface area contributed by atoms with E-state index in [2.05, 4.69) is 15.3 Å². The number of aliphatic carboxylic acids is 1. The molecule has 74 valence electrons. The summed E-state index contributed by atoms with van der Waals surface area (Å²) >= 11 is 0. The second-order valence-corrected chi connectivity index (χ2v) is 3.22. The predicted octanol–water partition coefficient (Wildman–Crippen LogP) is -0.212. The number of hydrogen-bond donors (Lipinski definition) is 3. The van der Waals surface area contributed by atoms with Crippen LogP contribution in [0, 0.1) is 6.92 Å². The summed E-state index contributed by atoms with van der Waals surface area (Å²) in [7, 11) is 0. The molecular formula is C8H10N4O2. The Morgan fingerprint density at radius 2 is 2.36 bits per heavy atom. The van der Waals surface area contributed by atoms with Gasteiger partial charge >= 0.3 is 5.97 Å². The third kappa shape index (κ3) is 1.24. The maximum atomic E-state index is 10.7. The first-order valence-corrected chi connectivity index (χ1v) is 4.20. The summed E-state index contributed by atoms with van der Waals surface area (Å²) in [5.74, 6) is 0.547. The van der Waals surface area contributed by atoms with Crippen LogP contribution in [-0.4, -0.2) is 27.1 Å². The number of nitrogens with one attached hydrogen (secondary N) is 1. The van der Waals surface area contributed by atoms with Crippen molar-refractivity contribution in [2.45, 2.75) is 19.4 Å². The summed E-state index contributed by atoms with van der Waals surface area (Å²) in [4.78, 5) is 18.8. The lowest BCUT2D eigenvalue weighted by atomic mass is 10.1. The van der Waals surface area contributed by atoms with Crippen LogP contribution in [0.3, 0.4) is 0 Å². The Labute approximate surface area is 80.2 Å². The topological polar surface area (TPSA) is 101 Å². The van der Waals surface area contributed by atoms with Crippen molar-refractivity contribution in [1.82, 2.24) is 9.97 Å². The van der Waals surface area contributed by atoms with E-state index in [9.17, 15) is 4.79 Å². The number of nitrogen functional groups attached to an aromatic ring is 1. The number of carboxylic acid groups (broad SMARTS) is 1. The van der Waals surface area contributed by atoms with Crippen LogP contribution >= 0.6 is 0 Å². The van der Waals surface area contributed by atoms with Gasteiger partial charge in [0.1, 0.15) is 23.5 Å². The molecule has 0 radical (unpaired) electrons. The average Bonchev–Trinajstić information content (AvgIpc) is 2.47. The van der Waals surface area contributed by atoms with E-state index in [0.29, 0.717) is 29.4 Å². The molecule has 0 aromatic carbocycles. The zero-order valence-corrected chi connectivity index (χ0v) is 7.61. The first-order chi connectivity index (χ1) is 6.58. The zero-order valence-electron chi connectivity index (χ0n) is 7.61. The van der Waals surface area contributed by atoms with Crippen LogP contribution in [0.4, 0.5) is 11.6 Å². The van der Waals surface area contributed by atoms with E-state index in [1.165, 1.54) is 0 Å². The van der Waals surface area contributed by atoms with Gasteiger partial charge in [0, 0.05) is 12.0 Å². The quantitative estimate of drug-likeness (QED) is 0.571. The third-order valence-corrected chi connectivity index (χ3v) is 2.17. The minimum Gasteiger partial charge on any atom is -0.480 e. The van der Waals surface area contributed by atoms with Gasteiger partial charge in [-0.05, 0) is 6.92 Å². The van der Waals surface area contributed by atoms with Gasteiger partial charge in [0.25, 0.3) is 0 Å². The predicted molar refractivity (Wildman–Crippen MR) is 49.9 cm³/mol. The van der Waals surface area contributed by atoms with Crippen molar-refractivity contribution >= 4 is 17.6 Å². The minimum absolute atomic E-state index is 0.344. The number of aromatic nitrogens is 2. The molecule has 1 aliphatic heterocycles. The van der Waals surface area contributed by atoms with E-state index < -0.39 is 12.0 Å². The maximum absolute atomic E-state index is 10.7. The maximum Gasteiger partial charge on any atom is 0.326 e. The smallest absolute Gasteiger partial charge is 0.326 e. The highest BCUT2D eigenvalue weighted by Crippen LogP contribution is 2.27. The Morgan fingerprint density at radius 1 is 1.64 bits per heavy atom. The number of carboxylic acids is 1. The lowest BCUT2D eigenvalue weighted by molar-refractivity contribution is -0.137. The van der Waals surface area contributed by atoms with Crippen molar-refractivity contribution in [2.24, 2.45) is 0 Å². The Bertz CT molecular complexity index is 405. The minimum atomic E-state index is -0.903. The van der Waals surface area contributed by atoms with E-state index >= 15 is 0 Å². The highest BCUT2D eigenvalue weighted by Gasteiger charge is 2.29. The van der Waals surface area contributed by atoms with Crippen molar-refractivity contribution in [3.05, 3.63) is 11.4 Å². The molecule has 2 rings (SSSR count). The van der Waals surface area contributed by atoms with Crippen LogP contribution < -0.4 is 11.1 Å². The molecule has 0 fully saturated rings. The van der Waals surface area contributed by atoms with E-state index in [4.69, 9.17) is 10.8 Å². The first kappa shape index (κ1) is 8.74. The Balaban J connectivity index is 2.39. The van der Waals surface area contributed by atoms with Gasteiger partial charge in [0.2, 0.25) is 0 Å².